The van der Waals surface area contributed by atoms with Crippen molar-refractivity contribution in [2.45, 2.75) is 62.7 Å². The van der Waals surface area contributed by atoms with E-state index in [1.54, 1.807) is 0 Å². The van der Waals surface area contributed by atoms with Gasteiger partial charge < -0.3 is 15.8 Å². The summed E-state index contributed by atoms with van der Waals surface area (Å²) in [5.74, 6) is -0.239. The van der Waals surface area contributed by atoms with Crippen molar-refractivity contribution in [3.63, 3.8) is 0 Å². The third-order valence-electron chi connectivity index (χ3n) is 4.09. The maximum Gasteiger partial charge on any atom is 0.237 e. The second-order valence-corrected chi connectivity index (χ2v) is 5.10. The van der Waals surface area contributed by atoms with Crippen molar-refractivity contribution in [1.82, 2.24) is 5.32 Å². The van der Waals surface area contributed by atoms with Gasteiger partial charge in [-0.2, -0.15) is 0 Å². The average molecular weight is 226 g/mol. The molecule has 2 fully saturated rings. The molecule has 0 heterocycles. The van der Waals surface area contributed by atoms with Gasteiger partial charge in [-0.05, 0) is 45.6 Å². The number of nitrogens with one attached hydrogen (secondary N) is 1. The maximum atomic E-state index is 11.5. The van der Waals surface area contributed by atoms with E-state index in [0.717, 1.165) is 25.7 Å². The Labute approximate surface area is 96.9 Å². The molecule has 2 rings (SSSR count). The number of primary amides is 1. The van der Waals surface area contributed by atoms with Crippen LogP contribution < -0.4 is 11.1 Å². The van der Waals surface area contributed by atoms with Crippen molar-refractivity contribution in [3.05, 3.63) is 0 Å². The average Bonchev–Trinajstić information content (AvgIpc) is 2.23. The van der Waals surface area contributed by atoms with E-state index in [1.807, 2.05) is 7.05 Å². The van der Waals surface area contributed by atoms with Crippen LogP contribution >= 0.6 is 0 Å². The monoisotopic (exact) mass is 226 g/mol. The number of rotatable bonds is 4. The fourth-order valence-electron chi connectivity index (χ4n) is 2.69. The summed E-state index contributed by atoms with van der Waals surface area (Å²) in [6.45, 7) is 0. The molecule has 0 aliphatic heterocycles. The molecular weight excluding hydrogens is 204 g/mol. The molecule has 92 valence electrons. The second kappa shape index (κ2) is 4.72. The predicted octanol–water partition coefficient (Wildman–Crippen LogP) is 0.942. The molecule has 4 heteroatoms. The molecular formula is C12H22N2O2. The lowest BCUT2D eigenvalue weighted by Gasteiger charge is -2.40. The Bertz CT molecular complexity index is 266. The van der Waals surface area contributed by atoms with E-state index in [4.69, 9.17) is 10.5 Å². The first-order valence-electron chi connectivity index (χ1n) is 6.30. The number of nitrogens with two attached hydrogens (primary N) is 1. The molecule has 0 saturated heterocycles. The molecule has 0 aromatic carbocycles. The topological polar surface area (TPSA) is 64.3 Å². The van der Waals surface area contributed by atoms with Crippen molar-refractivity contribution in [2.24, 2.45) is 5.73 Å². The highest BCUT2D eigenvalue weighted by Gasteiger charge is 2.41. The van der Waals surface area contributed by atoms with Crippen LogP contribution in [0.3, 0.4) is 0 Å². The van der Waals surface area contributed by atoms with Gasteiger partial charge in [0.25, 0.3) is 0 Å². The third kappa shape index (κ3) is 2.23. The van der Waals surface area contributed by atoms with E-state index in [-0.39, 0.29) is 12.0 Å². The standard InChI is InChI=1S/C12H22N2O2/c1-14-12(11(13)15)7-3-6-10(8-12)16-9-4-2-5-9/h9-10,14H,2-8H2,1H3,(H2,13,15). The van der Waals surface area contributed by atoms with Crippen LogP contribution in [0, 0.1) is 0 Å². The van der Waals surface area contributed by atoms with Crippen LogP contribution in [0.4, 0.5) is 0 Å². The Morgan fingerprint density at radius 3 is 2.50 bits per heavy atom. The Kier molecular flexibility index (Phi) is 3.50. The Morgan fingerprint density at radius 2 is 2.00 bits per heavy atom. The highest BCUT2D eigenvalue weighted by Crippen LogP contribution is 2.33. The lowest BCUT2D eigenvalue weighted by molar-refractivity contribution is -0.131. The zero-order chi connectivity index (χ0) is 11.6. The van der Waals surface area contributed by atoms with E-state index in [1.165, 1.54) is 19.3 Å². The summed E-state index contributed by atoms with van der Waals surface area (Å²) in [5.41, 5.74) is 4.96. The lowest BCUT2D eigenvalue weighted by Crippen LogP contribution is -2.58. The molecule has 2 aliphatic rings. The molecule has 0 radical (unpaired) electrons. The molecule has 2 atom stereocenters. The quantitative estimate of drug-likeness (QED) is 0.750. The molecule has 1 amide bonds. The lowest BCUT2D eigenvalue weighted by atomic mass is 9.79. The minimum atomic E-state index is -0.535. The highest BCUT2D eigenvalue weighted by atomic mass is 16.5. The maximum absolute atomic E-state index is 11.5. The van der Waals surface area contributed by atoms with Crippen molar-refractivity contribution in [1.29, 1.82) is 0 Å². The van der Waals surface area contributed by atoms with E-state index in [2.05, 4.69) is 5.32 Å². The van der Waals surface area contributed by atoms with Crippen LogP contribution in [-0.4, -0.2) is 30.7 Å². The van der Waals surface area contributed by atoms with Crippen LogP contribution in [0.1, 0.15) is 44.9 Å². The molecule has 2 saturated carbocycles. The Balaban J connectivity index is 1.93. The molecule has 0 spiro atoms. The van der Waals surface area contributed by atoms with Gasteiger partial charge in [0.2, 0.25) is 5.91 Å². The molecule has 0 aromatic rings. The molecule has 0 bridgehead atoms. The molecule has 4 nitrogen and oxygen atoms in total. The molecule has 2 aliphatic carbocycles. The fourth-order valence-corrected chi connectivity index (χ4v) is 2.69. The normalized spacial score (nSPS) is 35.7. The van der Waals surface area contributed by atoms with Gasteiger partial charge in [0.15, 0.2) is 0 Å². The number of hydrogen-bond acceptors (Lipinski definition) is 3. The summed E-state index contributed by atoms with van der Waals surface area (Å²) in [7, 11) is 1.82. The Morgan fingerprint density at radius 1 is 1.31 bits per heavy atom. The van der Waals surface area contributed by atoms with Crippen molar-refractivity contribution in [2.75, 3.05) is 7.05 Å². The van der Waals surface area contributed by atoms with Gasteiger partial charge in [-0.3, -0.25) is 4.79 Å². The molecule has 0 aromatic heterocycles. The van der Waals surface area contributed by atoms with Gasteiger partial charge in [-0.15, -0.1) is 0 Å². The largest absolute Gasteiger partial charge is 0.375 e. The van der Waals surface area contributed by atoms with Crippen molar-refractivity contribution < 1.29 is 9.53 Å². The number of ether oxygens (including phenoxy) is 1. The molecule has 3 N–H and O–H groups in total. The summed E-state index contributed by atoms with van der Waals surface area (Å²) in [5, 5.41) is 3.10. The highest BCUT2D eigenvalue weighted by molar-refractivity contribution is 5.84. The van der Waals surface area contributed by atoms with Crippen molar-refractivity contribution in [3.8, 4) is 0 Å². The number of carbonyl (C=O) groups is 1. The van der Waals surface area contributed by atoms with Gasteiger partial charge in [-0.25, -0.2) is 0 Å². The smallest absolute Gasteiger partial charge is 0.237 e. The molecule has 2 unspecified atom stereocenters. The SMILES string of the molecule is CNC1(C(N)=O)CCCC(OC2CCC2)C1. The third-order valence-corrected chi connectivity index (χ3v) is 4.09. The van der Waals surface area contributed by atoms with Gasteiger partial charge in [0.05, 0.1) is 17.7 Å². The van der Waals surface area contributed by atoms with Crippen LogP contribution in [0.2, 0.25) is 0 Å². The summed E-state index contributed by atoms with van der Waals surface area (Å²) < 4.78 is 5.99. The van der Waals surface area contributed by atoms with Crippen LogP contribution in [0.25, 0.3) is 0 Å². The number of likely N-dealkylation sites (N-methyl/N-ethyl adjacent to an activating group) is 1. The van der Waals surface area contributed by atoms with E-state index in [0.29, 0.717) is 6.10 Å². The minimum absolute atomic E-state index is 0.207. The second-order valence-electron chi connectivity index (χ2n) is 5.10. The van der Waals surface area contributed by atoms with Gasteiger partial charge in [-0.1, -0.05) is 0 Å². The summed E-state index contributed by atoms with van der Waals surface area (Å²) in [6, 6.07) is 0. The van der Waals surface area contributed by atoms with Gasteiger partial charge >= 0.3 is 0 Å². The van der Waals surface area contributed by atoms with Gasteiger partial charge in [0, 0.05) is 6.42 Å². The first-order valence-corrected chi connectivity index (χ1v) is 6.30. The zero-order valence-corrected chi connectivity index (χ0v) is 10.00. The minimum Gasteiger partial charge on any atom is -0.375 e. The van der Waals surface area contributed by atoms with Crippen molar-refractivity contribution >= 4 is 5.91 Å². The fraction of sp³-hybridized carbons (Fsp3) is 0.917. The first-order chi connectivity index (χ1) is 7.66. The predicted molar refractivity (Wildman–Crippen MR) is 62.0 cm³/mol. The number of hydrogen-bond donors (Lipinski definition) is 2. The summed E-state index contributed by atoms with van der Waals surface area (Å²) in [6.07, 6.45) is 7.93. The first kappa shape index (κ1) is 11.9. The number of carbonyl (C=O) groups excluding carboxylic acids is 1. The number of amides is 1. The van der Waals surface area contributed by atoms with E-state index >= 15 is 0 Å². The van der Waals surface area contributed by atoms with Crippen LogP contribution in [-0.2, 0) is 9.53 Å². The Hall–Kier alpha value is -0.610. The zero-order valence-electron chi connectivity index (χ0n) is 10.00. The summed E-state index contributed by atoms with van der Waals surface area (Å²) in [4.78, 5) is 11.5. The molecule has 16 heavy (non-hydrogen) atoms. The van der Waals surface area contributed by atoms with E-state index in [9.17, 15) is 4.79 Å². The van der Waals surface area contributed by atoms with Crippen LogP contribution in [0.15, 0.2) is 0 Å². The van der Waals surface area contributed by atoms with Gasteiger partial charge in [0.1, 0.15) is 0 Å². The summed E-state index contributed by atoms with van der Waals surface area (Å²) >= 11 is 0. The van der Waals surface area contributed by atoms with Crippen LogP contribution in [0.5, 0.6) is 0 Å². The van der Waals surface area contributed by atoms with E-state index < -0.39 is 5.54 Å².